The Balaban J connectivity index is 1.28. The Morgan fingerprint density at radius 1 is 1.06 bits per heavy atom. The van der Waals surface area contributed by atoms with E-state index >= 15 is 0 Å². The normalized spacial score (nSPS) is 19.4. The number of benzene rings is 1. The van der Waals surface area contributed by atoms with Crippen LogP contribution in [0.25, 0.3) is 0 Å². The maximum absolute atomic E-state index is 12.8. The zero-order valence-electron chi connectivity index (χ0n) is 19.7. The molecule has 4 rings (SSSR count). The van der Waals surface area contributed by atoms with Crippen molar-refractivity contribution in [1.29, 1.82) is 0 Å². The molecule has 1 atom stereocenters. The first-order valence-corrected chi connectivity index (χ1v) is 13.0. The van der Waals surface area contributed by atoms with Crippen molar-refractivity contribution in [3.63, 3.8) is 0 Å². The van der Waals surface area contributed by atoms with Crippen molar-refractivity contribution in [2.45, 2.75) is 31.6 Å². The predicted molar refractivity (Wildman–Crippen MR) is 135 cm³/mol. The molecule has 0 N–H and O–H groups in total. The molecule has 10 heteroatoms. The molecule has 2 aliphatic heterocycles. The molecule has 2 aliphatic rings. The summed E-state index contributed by atoms with van der Waals surface area (Å²) in [6.45, 7) is 9.76. The molecule has 0 radical (unpaired) electrons. The molecule has 0 bridgehead atoms. The van der Waals surface area contributed by atoms with Gasteiger partial charge in [-0.15, -0.1) is 0 Å². The first-order chi connectivity index (χ1) is 16.4. The van der Waals surface area contributed by atoms with Gasteiger partial charge in [0.25, 0.3) is 0 Å². The Labute approximate surface area is 210 Å². The molecule has 8 nitrogen and oxygen atoms in total. The number of halogens is 1. The fourth-order valence-electron chi connectivity index (χ4n) is 4.46. The van der Waals surface area contributed by atoms with E-state index in [-0.39, 0.29) is 23.6 Å². The molecule has 3 heterocycles. The largest absolute Gasteiger partial charge is 0.353 e. The number of nitrogens with zero attached hydrogens (tertiary/aromatic N) is 6. The van der Waals surface area contributed by atoms with E-state index in [2.05, 4.69) is 44.0 Å². The molecule has 2 fully saturated rings. The van der Waals surface area contributed by atoms with E-state index in [0.717, 1.165) is 38.5 Å². The molecule has 0 spiro atoms. The lowest BCUT2D eigenvalue weighted by Gasteiger charge is -2.40. The molecule has 2 amide bonds. The zero-order chi connectivity index (χ0) is 24.1. The Morgan fingerprint density at radius 3 is 2.47 bits per heavy atom. The van der Waals surface area contributed by atoms with Gasteiger partial charge in [0, 0.05) is 71.4 Å². The maximum Gasteiger partial charge on any atom is 0.233 e. The molecule has 182 valence electrons. The predicted octanol–water partition coefficient (Wildman–Crippen LogP) is 2.62. The van der Waals surface area contributed by atoms with Gasteiger partial charge in [0.05, 0.1) is 5.75 Å². The van der Waals surface area contributed by atoms with E-state index in [1.54, 1.807) is 13.0 Å². The number of piperazine rings is 2. The SMILES string of the molecule is CC(=O)N1CCN(c2cc(Cl)nc(SCC(=O)N3CCN(Cc4ccccc4)CC3)n2)CC1C. The monoisotopic (exact) mass is 502 g/mol. The number of anilines is 1. The van der Waals surface area contributed by atoms with Gasteiger partial charge in [-0.05, 0) is 12.5 Å². The molecule has 1 unspecified atom stereocenters. The van der Waals surface area contributed by atoms with Gasteiger partial charge in [-0.1, -0.05) is 53.7 Å². The number of carbonyl (C=O) groups excluding carboxylic acids is 2. The number of hydrogen-bond donors (Lipinski definition) is 0. The van der Waals surface area contributed by atoms with Crippen LogP contribution in [0.5, 0.6) is 0 Å². The minimum atomic E-state index is 0.0866. The van der Waals surface area contributed by atoms with Crippen LogP contribution in [0.4, 0.5) is 5.82 Å². The van der Waals surface area contributed by atoms with Gasteiger partial charge < -0.3 is 14.7 Å². The number of amides is 2. The van der Waals surface area contributed by atoms with Crippen LogP contribution in [0.2, 0.25) is 5.15 Å². The highest BCUT2D eigenvalue weighted by Gasteiger charge is 2.27. The van der Waals surface area contributed by atoms with Crippen molar-refractivity contribution in [1.82, 2.24) is 24.7 Å². The zero-order valence-corrected chi connectivity index (χ0v) is 21.3. The van der Waals surface area contributed by atoms with Gasteiger partial charge in [-0.3, -0.25) is 14.5 Å². The number of carbonyl (C=O) groups is 2. The lowest BCUT2D eigenvalue weighted by Crippen LogP contribution is -2.53. The number of thioether (sulfide) groups is 1. The quantitative estimate of drug-likeness (QED) is 0.341. The third kappa shape index (κ3) is 6.40. The van der Waals surface area contributed by atoms with E-state index in [0.29, 0.717) is 29.9 Å². The minimum absolute atomic E-state index is 0.0866. The third-order valence-corrected chi connectivity index (χ3v) is 7.34. The van der Waals surface area contributed by atoms with Crippen LogP contribution in [0, 0.1) is 0 Å². The molecule has 1 aromatic heterocycles. The summed E-state index contributed by atoms with van der Waals surface area (Å²) in [5.41, 5.74) is 1.30. The van der Waals surface area contributed by atoms with Crippen LogP contribution in [0.15, 0.2) is 41.6 Å². The summed E-state index contributed by atoms with van der Waals surface area (Å²) < 4.78 is 0. The van der Waals surface area contributed by atoms with E-state index in [1.807, 2.05) is 22.8 Å². The Kier molecular flexibility index (Phi) is 8.28. The highest BCUT2D eigenvalue weighted by atomic mass is 35.5. The van der Waals surface area contributed by atoms with Gasteiger partial charge in [0.1, 0.15) is 11.0 Å². The average molecular weight is 503 g/mol. The molecular formula is C24H31ClN6O2S. The maximum atomic E-state index is 12.8. The van der Waals surface area contributed by atoms with Crippen molar-refractivity contribution in [2.24, 2.45) is 0 Å². The van der Waals surface area contributed by atoms with E-state index in [4.69, 9.17) is 11.6 Å². The summed E-state index contributed by atoms with van der Waals surface area (Å²) in [5, 5.41) is 0.858. The average Bonchev–Trinajstić information content (AvgIpc) is 2.83. The smallest absolute Gasteiger partial charge is 0.233 e. The van der Waals surface area contributed by atoms with Crippen molar-refractivity contribution in [3.8, 4) is 0 Å². The van der Waals surface area contributed by atoms with Crippen molar-refractivity contribution >= 4 is 41.0 Å². The van der Waals surface area contributed by atoms with Crippen molar-refractivity contribution < 1.29 is 9.59 Å². The Morgan fingerprint density at radius 2 is 1.79 bits per heavy atom. The number of hydrogen-bond acceptors (Lipinski definition) is 7. The standard InChI is InChI=1S/C24H31ClN6O2S/c1-18-15-30(12-13-31(18)19(2)32)22-14-21(25)26-24(27-22)34-17-23(33)29-10-8-28(9-11-29)16-20-6-4-3-5-7-20/h3-7,14,18H,8-13,15-17H2,1-2H3. The fourth-order valence-corrected chi connectivity index (χ4v) is 5.44. The number of aromatic nitrogens is 2. The summed E-state index contributed by atoms with van der Waals surface area (Å²) >= 11 is 7.60. The highest BCUT2D eigenvalue weighted by Crippen LogP contribution is 2.24. The van der Waals surface area contributed by atoms with Crippen LogP contribution in [-0.4, -0.2) is 94.1 Å². The second-order valence-electron chi connectivity index (χ2n) is 8.77. The van der Waals surface area contributed by atoms with Gasteiger partial charge >= 0.3 is 0 Å². The second-order valence-corrected chi connectivity index (χ2v) is 10.1. The van der Waals surface area contributed by atoms with Crippen molar-refractivity contribution in [2.75, 3.05) is 56.5 Å². The summed E-state index contributed by atoms with van der Waals surface area (Å²) in [5.74, 6) is 1.20. The van der Waals surface area contributed by atoms with Crippen LogP contribution >= 0.6 is 23.4 Å². The first kappa shape index (κ1) is 24.8. The summed E-state index contributed by atoms with van der Waals surface area (Å²) in [6.07, 6.45) is 0. The Bertz CT molecular complexity index is 1000. The molecular weight excluding hydrogens is 472 g/mol. The van der Waals surface area contributed by atoms with E-state index < -0.39 is 0 Å². The lowest BCUT2D eigenvalue weighted by atomic mass is 10.2. The highest BCUT2D eigenvalue weighted by molar-refractivity contribution is 7.99. The lowest BCUT2D eigenvalue weighted by molar-refractivity contribution is -0.131. The van der Waals surface area contributed by atoms with Gasteiger partial charge in [0.2, 0.25) is 11.8 Å². The molecule has 1 aromatic carbocycles. The first-order valence-electron chi connectivity index (χ1n) is 11.6. The Hall–Kier alpha value is -2.36. The van der Waals surface area contributed by atoms with Gasteiger partial charge in [0.15, 0.2) is 5.16 Å². The molecule has 2 saturated heterocycles. The summed E-state index contributed by atoms with van der Waals surface area (Å²) in [4.78, 5) is 41.8. The van der Waals surface area contributed by atoms with Gasteiger partial charge in [-0.2, -0.15) is 0 Å². The molecule has 34 heavy (non-hydrogen) atoms. The number of rotatable bonds is 6. The molecule has 0 saturated carbocycles. The van der Waals surface area contributed by atoms with Crippen LogP contribution < -0.4 is 4.90 Å². The molecule has 0 aliphatic carbocycles. The van der Waals surface area contributed by atoms with Crippen LogP contribution in [0.1, 0.15) is 19.4 Å². The van der Waals surface area contributed by atoms with Crippen LogP contribution in [-0.2, 0) is 16.1 Å². The van der Waals surface area contributed by atoms with E-state index in [9.17, 15) is 9.59 Å². The summed E-state index contributed by atoms with van der Waals surface area (Å²) in [7, 11) is 0. The molecule has 2 aromatic rings. The second kappa shape index (κ2) is 11.4. The minimum Gasteiger partial charge on any atom is -0.353 e. The fraction of sp³-hybridized carbons (Fsp3) is 0.500. The van der Waals surface area contributed by atoms with Crippen LogP contribution in [0.3, 0.4) is 0 Å². The van der Waals surface area contributed by atoms with Crippen molar-refractivity contribution in [3.05, 3.63) is 47.1 Å². The topological polar surface area (TPSA) is 72.9 Å². The van der Waals surface area contributed by atoms with Gasteiger partial charge in [-0.25, -0.2) is 9.97 Å². The third-order valence-electron chi connectivity index (χ3n) is 6.32. The van der Waals surface area contributed by atoms with E-state index in [1.165, 1.54) is 17.3 Å². The summed E-state index contributed by atoms with van der Waals surface area (Å²) in [6, 6.07) is 12.3.